The predicted molar refractivity (Wildman–Crippen MR) is 77.3 cm³/mol. The Labute approximate surface area is 117 Å². The molecule has 0 aliphatic carbocycles. The molecule has 2 aromatic rings. The molecule has 0 atom stereocenters. The standard InChI is InChI=1S/C16H17FN2O/c1-16(2,3)12-9-7-11(8-10-12)15(20)19-14-6-4-5-13(17)18-14/h4-10H,1-3H3,(H,18,19,20). The van der Waals surface area contributed by atoms with E-state index < -0.39 is 5.95 Å². The fourth-order valence-electron chi connectivity index (χ4n) is 1.79. The van der Waals surface area contributed by atoms with Crippen molar-refractivity contribution in [3.63, 3.8) is 0 Å². The van der Waals surface area contributed by atoms with Crippen LogP contribution < -0.4 is 5.32 Å². The van der Waals surface area contributed by atoms with Crippen molar-refractivity contribution in [2.45, 2.75) is 26.2 Å². The van der Waals surface area contributed by atoms with Crippen LogP contribution in [0.25, 0.3) is 0 Å². The Hall–Kier alpha value is -2.23. The van der Waals surface area contributed by atoms with Crippen LogP contribution in [0.15, 0.2) is 42.5 Å². The minimum Gasteiger partial charge on any atom is -0.306 e. The third-order valence-electron chi connectivity index (χ3n) is 2.97. The molecule has 1 heterocycles. The lowest BCUT2D eigenvalue weighted by Crippen LogP contribution is -2.15. The Morgan fingerprint density at radius 2 is 1.75 bits per heavy atom. The van der Waals surface area contributed by atoms with Crippen molar-refractivity contribution >= 4 is 11.7 Å². The summed E-state index contributed by atoms with van der Waals surface area (Å²) in [6.07, 6.45) is 0. The minimum absolute atomic E-state index is 0.0408. The van der Waals surface area contributed by atoms with E-state index in [4.69, 9.17) is 0 Å². The summed E-state index contributed by atoms with van der Waals surface area (Å²) in [6.45, 7) is 6.33. The normalized spacial score (nSPS) is 11.2. The maximum atomic E-state index is 12.9. The van der Waals surface area contributed by atoms with Gasteiger partial charge < -0.3 is 5.32 Å². The number of hydrogen-bond donors (Lipinski definition) is 1. The molecule has 20 heavy (non-hydrogen) atoms. The highest BCUT2D eigenvalue weighted by Gasteiger charge is 2.14. The molecule has 3 nitrogen and oxygen atoms in total. The first-order chi connectivity index (χ1) is 9.36. The van der Waals surface area contributed by atoms with Crippen LogP contribution in [0.4, 0.5) is 10.2 Å². The summed E-state index contributed by atoms with van der Waals surface area (Å²) in [5, 5.41) is 2.57. The van der Waals surface area contributed by atoms with Crippen LogP contribution in [0.2, 0.25) is 0 Å². The number of rotatable bonds is 2. The third kappa shape index (κ3) is 3.41. The van der Waals surface area contributed by atoms with E-state index >= 15 is 0 Å². The van der Waals surface area contributed by atoms with Gasteiger partial charge in [0.15, 0.2) is 0 Å². The van der Waals surface area contributed by atoms with Crippen LogP contribution >= 0.6 is 0 Å². The summed E-state index contributed by atoms with van der Waals surface area (Å²) in [4.78, 5) is 15.6. The Kier molecular flexibility index (Phi) is 3.84. The first-order valence-electron chi connectivity index (χ1n) is 6.41. The molecule has 104 valence electrons. The number of pyridine rings is 1. The number of carbonyl (C=O) groups is 1. The molecule has 1 N–H and O–H groups in total. The zero-order chi connectivity index (χ0) is 14.8. The SMILES string of the molecule is CC(C)(C)c1ccc(C(=O)Nc2cccc(F)n2)cc1. The number of amides is 1. The molecule has 0 radical (unpaired) electrons. The molecule has 0 fully saturated rings. The van der Waals surface area contributed by atoms with Crippen LogP contribution in [0.3, 0.4) is 0 Å². The predicted octanol–water partition coefficient (Wildman–Crippen LogP) is 3.77. The van der Waals surface area contributed by atoms with Gasteiger partial charge >= 0.3 is 0 Å². The van der Waals surface area contributed by atoms with Gasteiger partial charge in [-0.2, -0.15) is 4.39 Å². The van der Waals surface area contributed by atoms with Gasteiger partial charge in [-0.15, -0.1) is 0 Å². The summed E-state index contributed by atoms with van der Waals surface area (Å²) < 4.78 is 12.9. The topological polar surface area (TPSA) is 42.0 Å². The summed E-state index contributed by atoms with van der Waals surface area (Å²) in [6, 6.07) is 11.6. The van der Waals surface area contributed by atoms with Gasteiger partial charge in [0.05, 0.1) is 0 Å². The van der Waals surface area contributed by atoms with E-state index in [0.717, 1.165) is 5.56 Å². The lowest BCUT2D eigenvalue weighted by molar-refractivity contribution is 0.102. The Balaban J connectivity index is 2.14. The van der Waals surface area contributed by atoms with Gasteiger partial charge in [0.1, 0.15) is 5.82 Å². The molecule has 4 heteroatoms. The minimum atomic E-state index is -0.620. The van der Waals surface area contributed by atoms with Crippen LogP contribution in [-0.4, -0.2) is 10.9 Å². The number of nitrogens with zero attached hydrogens (tertiary/aromatic N) is 1. The second-order valence-electron chi connectivity index (χ2n) is 5.63. The van der Waals surface area contributed by atoms with Crippen molar-refractivity contribution in [2.75, 3.05) is 5.32 Å². The van der Waals surface area contributed by atoms with E-state index in [1.54, 1.807) is 18.2 Å². The fourth-order valence-corrected chi connectivity index (χ4v) is 1.79. The maximum absolute atomic E-state index is 12.9. The molecule has 0 spiro atoms. The van der Waals surface area contributed by atoms with Gasteiger partial charge in [-0.1, -0.05) is 39.0 Å². The number of halogens is 1. The zero-order valence-corrected chi connectivity index (χ0v) is 11.8. The highest BCUT2D eigenvalue weighted by molar-refractivity contribution is 6.03. The van der Waals surface area contributed by atoms with E-state index in [1.807, 2.05) is 12.1 Å². The maximum Gasteiger partial charge on any atom is 0.256 e. The fraction of sp³-hybridized carbons (Fsp3) is 0.250. The average molecular weight is 272 g/mol. The lowest BCUT2D eigenvalue weighted by atomic mass is 9.87. The molecule has 0 unspecified atom stereocenters. The van der Waals surface area contributed by atoms with Crippen molar-refractivity contribution in [1.29, 1.82) is 0 Å². The van der Waals surface area contributed by atoms with Crippen LogP contribution in [0, 0.1) is 5.95 Å². The van der Waals surface area contributed by atoms with Gasteiger partial charge in [0.2, 0.25) is 5.95 Å². The van der Waals surface area contributed by atoms with Gasteiger partial charge in [0.25, 0.3) is 5.91 Å². The molecule has 0 aliphatic rings. The highest BCUT2D eigenvalue weighted by atomic mass is 19.1. The number of nitrogens with one attached hydrogen (secondary N) is 1. The van der Waals surface area contributed by atoms with Gasteiger partial charge in [-0.3, -0.25) is 4.79 Å². The first kappa shape index (κ1) is 14.2. The lowest BCUT2D eigenvalue weighted by Gasteiger charge is -2.19. The average Bonchev–Trinajstić information content (AvgIpc) is 2.38. The summed E-state index contributed by atoms with van der Waals surface area (Å²) in [5.74, 6) is -0.718. The smallest absolute Gasteiger partial charge is 0.256 e. The first-order valence-corrected chi connectivity index (χ1v) is 6.41. The van der Waals surface area contributed by atoms with E-state index in [0.29, 0.717) is 5.56 Å². The molecule has 1 aromatic heterocycles. The van der Waals surface area contributed by atoms with Gasteiger partial charge in [-0.05, 0) is 35.2 Å². The molecule has 0 saturated carbocycles. The summed E-state index contributed by atoms with van der Waals surface area (Å²) in [7, 11) is 0. The monoisotopic (exact) mass is 272 g/mol. The summed E-state index contributed by atoms with van der Waals surface area (Å²) in [5.41, 5.74) is 1.71. The number of hydrogen-bond acceptors (Lipinski definition) is 2. The largest absolute Gasteiger partial charge is 0.306 e. The number of aromatic nitrogens is 1. The highest BCUT2D eigenvalue weighted by Crippen LogP contribution is 2.22. The second kappa shape index (κ2) is 5.41. The van der Waals surface area contributed by atoms with Crippen molar-refractivity contribution in [3.8, 4) is 0 Å². The molecule has 1 aromatic carbocycles. The van der Waals surface area contributed by atoms with E-state index in [1.165, 1.54) is 12.1 Å². The van der Waals surface area contributed by atoms with Crippen LogP contribution in [-0.2, 0) is 5.41 Å². The van der Waals surface area contributed by atoms with Crippen molar-refractivity contribution in [1.82, 2.24) is 4.98 Å². The quantitative estimate of drug-likeness (QED) is 0.845. The van der Waals surface area contributed by atoms with Gasteiger partial charge in [0, 0.05) is 5.56 Å². The van der Waals surface area contributed by atoms with E-state index in [9.17, 15) is 9.18 Å². The second-order valence-corrected chi connectivity index (χ2v) is 5.63. The molecule has 0 saturated heterocycles. The van der Waals surface area contributed by atoms with Crippen molar-refractivity contribution < 1.29 is 9.18 Å². The Morgan fingerprint density at radius 3 is 2.30 bits per heavy atom. The molecular formula is C16H17FN2O. The molecule has 2 rings (SSSR count). The van der Waals surface area contributed by atoms with Gasteiger partial charge in [-0.25, -0.2) is 4.98 Å². The molecular weight excluding hydrogens is 255 g/mol. The number of anilines is 1. The molecule has 0 aliphatic heterocycles. The van der Waals surface area contributed by atoms with Crippen LogP contribution in [0.1, 0.15) is 36.7 Å². The summed E-state index contributed by atoms with van der Waals surface area (Å²) >= 11 is 0. The number of benzene rings is 1. The van der Waals surface area contributed by atoms with E-state index in [-0.39, 0.29) is 17.1 Å². The molecule has 1 amide bonds. The van der Waals surface area contributed by atoms with Crippen molar-refractivity contribution in [2.24, 2.45) is 0 Å². The van der Waals surface area contributed by atoms with E-state index in [2.05, 4.69) is 31.1 Å². The Morgan fingerprint density at radius 1 is 1.10 bits per heavy atom. The number of carbonyl (C=O) groups excluding carboxylic acids is 1. The van der Waals surface area contributed by atoms with Crippen LogP contribution in [0.5, 0.6) is 0 Å². The Bertz CT molecular complexity index is 615. The third-order valence-corrected chi connectivity index (χ3v) is 2.97. The van der Waals surface area contributed by atoms with Crippen molar-refractivity contribution in [3.05, 3.63) is 59.5 Å². The zero-order valence-electron chi connectivity index (χ0n) is 11.8. The molecule has 0 bridgehead atoms.